The maximum absolute atomic E-state index is 7.08. The Bertz CT molecular complexity index is 4680. The molecule has 0 aliphatic heterocycles. The van der Waals surface area contributed by atoms with E-state index < -0.39 is 0 Å². The summed E-state index contributed by atoms with van der Waals surface area (Å²) in [6.07, 6.45) is 1.87. The molecule has 0 amide bonds. The molecule has 0 saturated heterocycles. The molecule has 76 heavy (non-hydrogen) atoms. The van der Waals surface area contributed by atoms with Crippen LogP contribution < -0.4 is 4.74 Å². The van der Waals surface area contributed by atoms with Gasteiger partial charge in [0, 0.05) is 27.7 Å². The van der Waals surface area contributed by atoms with Crippen molar-refractivity contribution in [1.82, 2.24) is 23.1 Å². The Balaban J connectivity index is 0.934. The summed E-state index contributed by atoms with van der Waals surface area (Å²) < 4.78 is 17.7. The van der Waals surface area contributed by atoms with Crippen LogP contribution in [0.5, 0.6) is 11.5 Å². The molecule has 14 rings (SSSR count). The van der Waals surface area contributed by atoms with Gasteiger partial charge in [0.15, 0.2) is 0 Å². The van der Waals surface area contributed by atoms with Crippen LogP contribution in [0.25, 0.3) is 110 Å². The van der Waals surface area contributed by atoms with Crippen molar-refractivity contribution in [2.24, 2.45) is 0 Å². The van der Waals surface area contributed by atoms with Gasteiger partial charge in [0.2, 0.25) is 0 Å². The zero-order valence-electron chi connectivity index (χ0n) is 43.6. The predicted molar refractivity (Wildman–Crippen MR) is 312 cm³/mol. The third-order valence-electron chi connectivity index (χ3n) is 15.6. The number of hydrogen-bond donors (Lipinski definition) is 0. The second-order valence-electron chi connectivity index (χ2n) is 22.5. The number of imidazole rings is 1. The molecule has 0 aliphatic carbocycles. The molecule has 372 valence electrons. The molecule has 0 radical (unpaired) electrons. The fourth-order valence-corrected chi connectivity index (χ4v) is 12.9. The summed E-state index contributed by atoms with van der Waals surface area (Å²) in [5.41, 5.74) is 18.5. The number of nitrogens with zero attached hydrogens (tertiary/aromatic N) is 5. The Morgan fingerprint density at radius 2 is 1.04 bits per heavy atom. The Kier molecular flexibility index (Phi) is 10.4. The summed E-state index contributed by atoms with van der Waals surface area (Å²) in [6.45, 7) is 16.0. The number of para-hydroxylation sites is 5. The molecule has 9 aromatic carbocycles. The van der Waals surface area contributed by atoms with E-state index in [9.17, 15) is 0 Å². The number of aryl methyl sites for hydroxylation is 1. The molecule has 0 unspecified atom stereocenters. The van der Waals surface area contributed by atoms with E-state index in [1.807, 2.05) is 12.3 Å². The largest absolute Gasteiger partial charge is 0.0620 e. The van der Waals surface area contributed by atoms with Crippen molar-refractivity contribution in [3.8, 4) is 50.9 Å². The van der Waals surface area contributed by atoms with Crippen LogP contribution in [0.15, 0.2) is 206 Å². The van der Waals surface area contributed by atoms with Crippen LogP contribution in [0, 0.1) is 10.7 Å². The molecular weight excluding hydrogens is 1110 g/mol. The number of rotatable bonds is 7. The Morgan fingerprint density at radius 1 is 0.434 bits per heavy atom. The molecule has 0 spiro atoms. The van der Waals surface area contributed by atoms with Crippen LogP contribution in [0.1, 0.15) is 58.2 Å². The number of fused-ring (bicyclic) bond motifs is 10. The molecule has 5 aromatic heterocycles. The molecule has 0 fully saturated rings. The van der Waals surface area contributed by atoms with E-state index in [1.54, 1.807) is 0 Å². The maximum atomic E-state index is 7.08. The second-order valence-corrected chi connectivity index (χ2v) is 23.5. The van der Waals surface area contributed by atoms with Crippen LogP contribution in [0.2, 0.25) is 0 Å². The number of benzene rings is 9. The smallest absolute Gasteiger partial charge is 0.0620 e. The SMILES string of the molecule is Cc1ccc(-n2[c](=[Pt])n(-c3c(-c4ccccc4)cccc3-c3cc(C(C)(C)C)cc(C(C)(C)C)c3)c3ccccc32)cc1Oc1ccc2c3cc4c5cccc6c7ccccc7n(c4cc3n(-c3ccccn3)c2c1)c65. The molecule has 14 aromatic rings. The van der Waals surface area contributed by atoms with Gasteiger partial charge in [-0.2, -0.15) is 0 Å². The fourth-order valence-electron chi connectivity index (χ4n) is 11.8. The minimum Gasteiger partial charge on any atom is 0.0620 e. The minimum absolute atomic E-state index is 0.0421. The van der Waals surface area contributed by atoms with Gasteiger partial charge < -0.3 is 4.40 Å². The summed E-state index contributed by atoms with van der Waals surface area (Å²) in [5.74, 6) is 2.39. The van der Waals surface area contributed by atoms with Gasteiger partial charge in [-0.3, -0.25) is 0 Å². The first kappa shape index (κ1) is 46.2. The van der Waals surface area contributed by atoms with Crippen molar-refractivity contribution < 1.29 is 24.1 Å². The summed E-state index contributed by atoms with van der Waals surface area (Å²) in [5, 5.41) is 7.36. The quantitative estimate of drug-likeness (QED) is 0.160. The molecule has 7 heteroatoms. The number of aromatic nitrogens is 5. The van der Waals surface area contributed by atoms with Crippen LogP contribution in [0.3, 0.4) is 0 Å². The van der Waals surface area contributed by atoms with Crippen molar-refractivity contribution in [2.45, 2.75) is 59.3 Å². The predicted octanol–water partition coefficient (Wildman–Crippen LogP) is 18.2. The van der Waals surface area contributed by atoms with Crippen molar-refractivity contribution >= 4 is 70.9 Å². The van der Waals surface area contributed by atoms with Crippen molar-refractivity contribution in [3.63, 3.8) is 0 Å². The molecular formula is C69H55N5OPt. The Labute approximate surface area is 452 Å². The second kappa shape index (κ2) is 17.1. The van der Waals surface area contributed by atoms with Gasteiger partial charge in [0.1, 0.15) is 0 Å². The third kappa shape index (κ3) is 7.18. The van der Waals surface area contributed by atoms with E-state index in [-0.39, 0.29) is 10.8 Å². The molecule has 0 atom stereocenters. The first-order chi connectivity index (χ1) is 36.8. The van der Waals surface area contributed by atoms with Gasteiger partial charge in [-0.1, -0.05) is 42.5 Å². The standard InChI is InChI=1S/C69H55N5O.Pt/c1-43-30-31-48(71-42-72(60-28-14-13-27-59(60)71)66-50(44-19-9-8-10-20-44)22-17-23-51(66)45-35-46(68(2,3)4)37-47(36-45)69(5,6)7)38-64(43)75-49-32-33-53-56-40-57-55-25-18-24-54-52-21-11-12-26-58(52)74(67(54)55)63(57)41-62(56)73(61(53)39-49)65-29-15-16-34-70-65;/h8-41H,1-7H3;. The zero-order valence-corrected chi connectivity index (χ0v) is 45.9. The molecule has 0 saturated carbocycles. The van der Waals surface area contributed by atoms with Gasteiger partial charge in [0.25, 0.3) is 0 Å². The van der Waals surface area contributed by atoms with Crippen LogP contribution in [-0.2, 0) is 30.2 Å². The average molecular weight is 1170 g/mol. The zero-order chi connectivity index (χ0) is 51.8. The van der Waals surface area contributed by atoms with E-state index in [2.05, 4.69) is 280 Å². The normalized spacial score (nSPS) is 12.5. The fraction of sp³-hybridized carbons (Fsp3) is 0.130. The van der Waals surface area contributed by atoms with Crippen LogP contribution >= 0.6 is 0 Å². The monoisotopic (exact) mass is 1160 g/mol. The Morgan fingerprint density at radius 3 is 1.76 bits per heavy atom. The number of hydrogen-bond acceptors (Lipinski definition) is 2. The molecule has 0 bridgehead atoms. The molecule has 6 nitrogen and oxygen atoms in total. The summed E-state index contributed by atoms with van der Waals surface area (Å²) >= 11 is 2.55. The summed E-state index contributed by atoms with van der Waals surface area (Å²) in [7, 11) is 0. The van der Waals surface area contributed by atoms with Crippen molar-refractivity contribution in [3.05, 3.63) is 227 Å². The van der Waals surface area contributed by atoms with Crippen molar-refractivity contribution in [2.75, 3.05) is 0 Å². The maximum Gasteiger partial charge on any atom is 0.0620 e. The van der Waals surface area contributed by atoms with E-state index in [1.165, 1.54) is 76.9 Å². The first-order valence-corrected chi connectivity index (χ1v) is 27.3. The molecule has 5 heterocycles. The molecule has 0 aliphatic rings. The van der Waals surface area contributed by atoms with Crippen LogP contribution in [0.4, 0.5) is 0 Å². The van der Waals surface area contributed by atoms with Gasteiger partial charge in [-0.05, 0) is 12.1 Å². The van der Waals surface area contributed by atoms with Gasteiger partial charge >= 0.3 is 352 Å². The summed E-state index contributed by atoms with van der Waals surface area (Å²) in [4.78, 5) is 4.94. The van der Waals surface area contributed by atoms with E-state index in [0.29, 0.717) is 0 Å². The summed E-state index contributed by atoms with van der Waals surface area (Å²) in [6, 6.07) is 73.1. The van der Waals surface area contributed by atoms with Crippen LogP contribution in [-0.4, -0.2) is 23.1 Å². The topological polar surface area (TPSA) is 41.3 Å². The van der Waals surface area contributed by atoms with Gasteiger partial charge in [-0.15, -0.1) is 0 Å². The van der Waals surface area contributed by atoms with E-state index in [4.69, 9.17) is 9.72 Å². The Hall–Kier alpha value is -8.31. The van der Waals surface area contributed by atoms with Crippen molar-refractivity contribution in [1.29, 1.82) is 0 Å². The van der Waals surface area contributed by atoms with E-state index in [0.717, 1.165) is 65.5 Å². The third-order valence-corrected chi connectivity index (χ3v) is 16.7. The van der Waals surface area contributed by atoms with Gasteiger partial charge in [-0.25, -0.2) is 0 Å². The van der Waals surface area contributed by atoms with E-state index >= 15 is 0 Å². The number of ether oxygens (including phenoxy) is 1. The first-order valence-electron chi connectivity index (χ1n) is 26.2. The minimum atomic E-state index is -0.0421. The average Bonchev–Trinajstić information content (AvgIpc) is 4.15. The number of pyridine rings is 1. The van der Waals surface area contributed by atoms with Gasteiger partial charge in [0.05, 0.1) is 16.6 Å². The molecule has 0 N–H and O–H groups in total.